The number of rotatable bonds is 4. The van der Waals surface area contributed by atoms with Crippen molar-refractivity contribution in [2.45, 2.75) is 38.7 Å². The average molecular weight is 188 g/mol. The van der Waals surface area contributed by atoms with E-state index < -0.39 is 11.0 Å². The van der Waals surface area contributed by atoms with Crippen LogP contribution in [0.2, 0.25) is 0 Å². The molecule has 0 bridgehead atoms. The second-order valence-electron chi connectivity index (χ2n) is 3.98. The summed E-state index contributed by atoms with van der Waals surface area (Å²) < 4.78 is 5.28. The van der Waals surface area contributed by atoms with Crippen molar-refractivity contribution in [2.24, 2.45) is 5.41 Å². The molecule has 78 valence electrons. The number of aliphatic hydroxyl groups is 2. The lowest BCUT2D eigenvalue weighted by Gasteiger charge is -2.42. The number of aliphatic hydroxyl groups excluding tert-OH is 1. The van der Waals surface area contributed by atoms with Crippen molar-refractivity contribution in [3.05, 3.63) is 0 Å². The van der Waals surface area contributed by atoms with Gasteiger partial charge in [0, 0.05) is 12.0 Å². The van der Waals surface area contributed by atoms with Crippen molar-refractivity contribution in [1.82, 2.24) is 0 Å². The molecule has 0 aromatic heterocycles. The van der Waals surface area contributed by atoms with E-state index in [1.54, 1.807) is 0 Å². The van der Waals surface area contributed by atoms with Gasteiger partial charge in [0.15, 0.2) is 0 Å². The standard InChI is InChI=1S/C10H20O3/c1-3-10(12,4-2)9(7-11)5-6-13-8-9/h11-12H,3-8H2,1-2H3. The first kappa shape index (κ1) is 11.0. The maximum atomic E-state index is 10.3. The van der Waals surface area contributed by atoms with Gasteiger partial charge in [0.1, 0.15) is 0 Å². The molecule has 1 aliphatic rings. The van der Waals surface area contributed by atoms with Crippen molar-refractivity contribution in [2.75, 3.05) is 19.8 Å². The lowest BCUT2D eigenvalue weighted by atomic mass is 9.69. The molecular formula is C10H20O3. The Morgan fingerprint density at radius 3 is 2.31 bits per heavy atom. The highest BCUT2D eigenvalue weighted by atomic mass is 16.5. The molecule has 3 heteroatoms. The molecule has 0 saturated carbocycles. The first-order valence-electron chi connectivity index (χ1n) is 5.05. The van der Waals surface area contributed by atoms with Gasteiger partial charge in [-0.2, -0.15) is 0 Å². The maximum absolute atomic E-state index is 10.3. The minimum Gasteiger partial charge on any atom is -0.396 e. The second kappa shape index (κ2) is 3.95. The highest BCUT2D eigenvalue weighted by Crippen LogP contribution is 2.43. The topological polar surface area (TPSA) is 49.7 Å². The minimum absolute atomic E-state index is 0.0190. The zero-order chi connectivity index (χ0) is 9.95. The fourth-order valence-corrected chi connectivity index (χ4v) is 2.25. The van der Waals surface area contributed by atoms with Gasteiger partial charge in [-0.15, -0.1) is 0 Å². The Bertz CT molecular complexity index is 158. The molecule has 1 aliphatic heterocycles. The largest absolute Gasteiger partial charge is 0.396 e. The van der Waals surface area contributed by atoms with Crippen LogP contribution in [0.5, 0.6) is 0 Å². The van der Waals surface area contributed by atoms with Crippen molar-refractivity contribution >= 4 is 0 Å². The highest BCUT2D eigenvalue weighted by Gasteiger charge is 2.50. The van der Waals surface area contributed by atoms with E-state index >= 15 is 0 Å². The molecular weight excluding hydrogens is 168 g/mol. The van der Waals surface area contributed by atoms with Crippen LogP contribution in [0.25, 0.3) is 0 Å². The van der Waals surface area contributed by atoms with Crippen molar-refractivity contribution in [1.29, 1.82) is 0 Å². The Kier molecular flexibility index (Phi) is 3.33. The van der Waals surface area contributed by atoms with E-state index in [0.717, 1.165) is 6.42 Å². The molecule has 1 heterocycles. The fraction of sp³-hybridized carbons (Fsp3) is 1.00. The van der Waals surface area contributed by atoms with Gasteiger partial charge in [0.05, 0.1) is 18.8 Å². The van der Waals surface area contributed by atoms with Gasteiger partial charge in [-0.05, 0) is 19.3 Å². The van der Waals surface area contributed by atoms with Crippen molar-refractivity contribution in [3.8, 4) is 0 Å². The summed E-state index contributed by atoms with van der Waals surface area (Å²) >= 11 is 0. The summed E-state index contributed by atoms with van der Waals surface area (Å²) in [5.74, 6) is 0. The average Bonchev–Trinajstić information content (AvgIpc) is 2.66. The zero-order valence-electron chi connectivity index (χ0n) is 8.55. The van der Waals surface area contributed by atoms with Crippen LogP contribution in [0.4, 0.5) is 0 Å². The van der Waals surface area contributed by atoms with Crippen LogP contribution in [-0.4, -0.2) is 35.6 Å². The Hall–Kier alpha value is -0.120. The molecule has 1 saturated heterocycles. The van der Waals surface area contributed by atoms with Gasteiger partial charge in [-0.3, -0.25) is 0 Å². The SMILES string of the molecule is CCC(O)(CC)C1(CO)CCOC1. The van der Waals surface area contributed by atoms with Crippen LogP contribution in [0, 0.1) is 5.41 Å². The van der Waals surface area contributed by atoms with Crippen molar-refractivity contribution in [3.63, 3.8) is 0 Å². The molecule has 0 aromatic rings. The molecule has 1 atom stereocenters. The Balaban J connectivity index is 2.84. The van der Waals surface area contributed by atoms with E-state index in [1.807, 2.05) is 13.8 Å². The van der Waals surface area contributed by atoms with E-state index in [2.05, 4.69) is 0 Å². The summed E-state index contributed by atoms with van der Waals surface area (Å²) in [5, 5.41) is 19.7. The van der Waals surface area contributed by atoms with E-state index in [-0.39, 0.29) is 6.61 Å². The highest BCUT2D eigenvalue weighted by molar-refractivity contribution is 4.99. The van der Waals surface area contributed by atoms with Crippen LogP contribution in [0.15, 0.2) is 0 Å². The lowest BCUT2D eigenvalue weighted by molar-refractivity contribution is -0.115. The third kappa shape index (κ3) is 1.60. The summed E-state index contributed by atoms with van der Waals surface area (Å²) in [6, 6.07) is 0. The third-order valence-corrected chi connectivity index (χ3v) is 3.56. The summed E-state index contributed by atoms with van der Waals surface area (Å²) in [7, 11) is 0. The van der Waals surface area contributed by atoms with Gasteiger partial charge in [0.25, 0.3) is 0 Å². The first-order valence-corrected chi connectivity index (χ1v) is 5.05. The Morgan fingerprint density at radius 2 is 2.00 bits per heavy atom. The van der Waals surface area contributed by atoms with Crippen LogP contribution in [0.3, 0.4) is 0 Å². The first-order chi connectivity index (χ1) is 6.14. The van der Waals surface area contributed by atoms with Gasteiger partial charge in [-0.1, -0.05) is 13.8 Å². The van der Waals surface area contributed by atoms with Gasteiger partial charge < -0.3 is 14.9 Å². The van der Waals surface area contributed by atoms with E-state index in [9.17, 15) is 10.2 Å². The third-order valence-electron chi connectivity index (χ3n) is 3.56. The molecule has 1 fully saturated rings. The van der Waals surface area contributed by atoms with Crippen LogP contribution >= 0.6 is 0 Å². The summed E-state index contributed by atoms with van der Waals surface area (Å²) in [6.07, 6.45) is 2.11. The Morgan fingerprint density at radius 1 is 1.38 bits per heavy atom. The molecule has 0 aliphatic carbocycles. The quantitative estimate of drug-likeness (QED) is 0.690. The summed E-state index contributed by atoms with van der Waals surface area (Å²) in [5.41, 5.74) is -1.19. The van der Waals surface area contributed by atoms with Crippen molar-refractivity contribution < 1.29 is 14.9 Å². The Labute approximate surface area is 79.7 Å². The number of ether oxygens (including phenoxy) is 1. The molecule has 0 amide bonds. The molecule has 13 heavy (non-hydrogen) atoms. The summed E-state index contributed by atoms with van der Waals surface area (Å²) in [4.78, 5) is 0. The summed E-state index contributed by atoms with van der Waals surface area (Å²) in [6.45, 7) is 5.08. The van der Waals surface area contributed by atoms with E-state index in [4.69, 9.17) is 4.74 Å². The van der Waals surface area contributed by atoms with Gasteiger partial charge in [-0.25, -0.2) is 0 Å². The number of hydrogen-bond donors (Lipinski definition) is 2. The molecule has 2 N–H and O–H groups in total. The van der Waals surface area contributed by atoms with E-state index in [1.165, 1.54) is 0 Å². The predicted molar refractivity (Wildman–Crippen MR) is 50.5 cm³/mol. The monoisotopic (exact) mass is 188 g/mol. The fourth-order valence-electron chi connectivity index (χ4n) is 2.25. The predicted octanol–water partition coefficient (Wildman–Crippen LogP) is 0.936. The molecule has 1 rings (SSSR count). The van der Waals surface area contributed by atoms with Crippen LogP contribution < -0.4 is 0 Å². The minimum atomic E-state index is -0.766. The van der Waals surface area contributed by atoms with Gasteiger partial charge >= 0.3 is 0 Å². The smallest absolute Gasteiger partial charge is 0.0743 e. The zero-order valence-corrected chi connectivity index (χ0v) is 8.55. The van der Waals surface area contributed by atoms with E-state index in [0.29, 0.717) is 26.1 Å². The second-order valence-corrected chi connectivity index (χ2v) is 3.98. The van der Waals surface area contributed by atoms with Gasteiger partial charge in [0.2, 0.25) is 0 Å². The van der Waals surface area contributed by atoms with Crippen LogP contribution in [-0.2, 0) is 4.74 Å². The van der Waals surface area contributed by atoms with Crippen LogP contribution in [0.1, 0.15) is 33.1 Å². The number of hydrogen-bond acceptors (Lipinski definition) is 3. The molecule has 0 aromatic carbocycles. The molecule has 3 nitrogen and oxygen atoms in total. The maximum Gasteiger partial charge on any atom is 0.0743 e. The molecule has 1 unspecified atom stereocenters. The molecule has 0 spiro atoms. The lowest BCUT2D eigenvalue weighted by Crippen LogP contribution is -2.50. The normalized spacial score (nSPS) is 29.5. The molecule has 0 radical (unpaired) electrons.